The number of aliphatic hydroxyl groups is 1. The topological polar surface area (TPSA) is 75.4 Å². The van der Waals surface area contributed by atoms with Crippen LogP contribution in [-0.2, 0) is 0 Å². The molecular formula is C14H19ClN2O3. The van der Waals surface area contributed by atoms with E-state index >= 15 is 0 Å². The molecule has 1 aliphatic rings. The highest BCUT2D eigenvalue weighted by Crippen LogP contribution is 2.33. The Bertz CT molecular complexity index is 509. The average Bonchev–Trinajstić information content (AvgIpc) is 2.36. The van der Waals surface area contributed by atoms with Gasteiger partial charge in [-0.05, 0) is 24.8 Å². The third-order valence-electron chi connectivity index (χ3n) is 3.84. The van der Waals surface area contributed by atoms with E-state index in [0.717, 1.165) is 25.7 Å². The third kappa shape index (κ3) is 3.61. The van der Waals surface area contributed by atoms with Gasteiger partial charge in [0.25, 0.3) is 5.69 Å². The average molecular weight is 299 g/mol. The number of nitro benzene ring substituents is 1. The number of nitro groups is 1. The van der Waals surface area contributed by atoms with Gasteiger partial charge in [-0.15, -0.1) is 0 Å². The smallest absolute Gasteiger partial charge is 0.271 e. The van der Waals surface area contributed by atoms with Crippen molar-refractivity contribution in [3.8, 4) is 0 Å². The van der Waals surface area contributed by atoms with E-state index in [2.05, 4.69) is 12.2 Å². The number of benzene rings is 1. The summed E-state index contributed by atoms with van der Waals surface area (Å²) in [4.78, 5) is 10.2. The Morgan fingerprint density at radius 1 is 1.60 bits per heavy atom. The van der Waals surface area contributed by atoms with Crippen LogP contribution in [0.1, 0.15) is 32.6 Å². The number of nitrogens with one attached hydrogen (secondary N) is 1. The van der Waals surface area contributed by atoms with Gasteiger partial charge in [0.05, 0.1) is 21.2 Å². The van der Waals surface area contributed by atoms with Crippen molar-refractivity contribution < 1.29 is 10.0 Å². The Balaban J connectivity index is 2.02. The molecule has 20 heavy (non-hydrogen) atoms. The van der Waals surface area contributed by atoms with E-state index in [9.17, 15) is 15.2 Å². The second-order valence-corrected chi connectivity index (χ2v) is 6.11. The van der Waals surface area contributed by atoms with Gasteiger partial charge in [-0.1, -0.05) is 31.4 Å². The van der Waals surface area contributed by atoms with Crippen LogP contribution in [0.15, 0.2) is 18.2 Å². The first-order valence-electron chi connectivity index (χ1n) is 6.80. The molecule has 0 amide bonds. The van der Waals surface area contributed by atoms with Gasteiger partial charge >= 0.3 is 0 Å². The number of anilines is 1. The van der Waals surface area contributed by atoms with Crippen molar-refractivity contribution in [2.45, 2.75) is 38.2 Å². The van der Waals surface area contributed by atoms with Gasteiger partial charge in [0.2, 0.25) is 0 Å². The Kier molecular flexibility index (Phi) is 4.50. The number of hydrogen-bond donors (Lipinski definition) is 2. The molecule has 6 heteroatoms. The van der Waals surface area contributed by atoms with Crippen LogP contribution in [0.2, 0.25) is 5.02 Å². The fourth-order valence-electron chi connectivity index (χ4n) is 2.81. The summed E-state index contributed by atoms with van der Waals surface area (Å²) in [6.07, 6.45) is 3.72. The van der Waals surface area contributed by atoms with Crippen LogP contribution in [0.3, 0.4) is 0 Å². The van der Waals surface area contributed by atoms with Crippen molar-refractivity contribution in [2.75, 3.05) is 11.9 Å². The maximum atomic E-state index is 10.6. The molecule has 1 saturated carbocycles. The zero-order valence-corrected chi connectivity index (χ0v) is 12.2. The van der Waals surface area contributed by atoms with Gasteiger partial charge in [0.15, 0.2) is 0 Å². The van der Waals surface area contributed by atoms with Crippen LogP contribution in [0.25, 0.3) is 0 Å². The molecule has 2 unspecified atom stereocenters. The first-order valence-corrected chi connectivity index (χ1v) is 7.18. The van der Waals surface area contributed by atoms with Gasteiger partial charge in [-0.25, -0.2) is 0 Å². The molecule has 0 aliphatic heterocycles. The van der Waals surface area contributed by atoms with Gasteiger partial charge in [0, 0.05) is 18.7 Å². The van der Waals surface area contributed by atoms with E-state index in [1.165, 1.54) is 12.1 Å². The fraction of sp³-hybridized carbons (Fsp3) is 0.571. The lowest BCUT2D eigenvalue weighted by molar-refractivity contribution is -0.384. The van der Waals surface area contributed by atoms with Crippen LogP contribution in [-0.4, -0.2) is 22.2 Å². The van der Waals surface area contributed by atoms with Crippen LogP contribution in [0.4, 0.5) is 11.4 Å². The van der Waals surface area contributed by atoms with Crippen LogP contribution < -0.4 is 5.32 Å². The monoisotopic (exact) mass is 298 g/mol. The number of nitrogens with zero attached hydrogens (tertiary/aromatic N) is 1. The summed E-state index contributed by atoms with van der Waals surface area (Å²) >= 11 is 6.02. The summed E-state index contributed by atoms with van der Waals surface area (Å²) in [6, 6.07) is 4.30. The maximum absolute atomic E-state index is 10.6. The molecule has 2 atom stereocenters. The maximum Gasteiger partial charge on any atom is 0.271 e. The van der Waals surface area contributed by atoms with Crippen molar-refractivity contribution in [1.29, 1.82) is 0 Å². The van der Waals surface area contributed by atoms with Crippen molar-refractivity contribution in [2.24, 2.45) is 5.92 Å². The molecule has 1 aromatic rings. The molecule has 2 N–H and O–H groups in total. The highest BCUT2D eigenvalue weighted by atomic mass is 35.5. The number of halogens is 1. The fourth-order valence-corrected chi connectivity index (χ4v) is 3.06. The van der Waals surface area contributed by atoms with Crippen molar-refractivity contribution in [1.82, 2.24) is 0 Å². The number of rotatable bonds is 4. The quantitative estimate of drug-likeness (QED) is 0.658. The molecule has 0 bridgehead atoms. The molecule has 0 saturated heterocycles. The molecular weight excluding hydrogens is 280 g/mol. The molecule has 0 aromatic heterocycles. The lowest BCUT2D eigenvalue weighted by Crippen LogP contribution is -2.41. The molecule has 0 heterocycles. The summed E-state index contributed by atoms with van der Waals surface area (Å²) in [5.74, 6) is 0.517. The molecule has 1 aromatic carbocycles. The van der Waals surface area contributed by atoms with E-state index in [4.69, 9.17) is 11.6 Å². The molecule has 5 nitrogen and oxygen atoms in total. The standard InChI is InChI=1S/C14H19ClN2O3/c1-10-3-2-6-14(18,8-10)9-16-13-5-4-11(17(19)20)7-12(13)15/h4-5,7,10,16,18H,2-3,6,8-9H2,1H3. The predicted molar refractivity (Wildman–Crippen MR) is 79.2 cm³/mol. The number of non-ortho nitro benzene ring substituents is 1. The van der Waals surface area contributed by atoms with E-state index in [1.807, 2.05) is 0 Å². The molecule has 1 fully saturated rings. The zero-order chi connectivity index (χ0) is 14.8. The molecule has 110 valence electrons. The minimum Gasteiger partial charge on any atom is -0.388 e. The largest absolute Gasteiger partial charge is 0.388 e. The minimum absolute atomic E-state index is 0.0365. The van der Waals surface area contributed by atoms with Gasteiger partial charge < -0.3 is 10.4 Å². The van der Waals surface area contributed by atoms with Gasteiger partial charge in [0.1, 0.15) is 0 Å². The summed E-state index contributed by atoms with van der Waals surface area (Å²) in [6.45, 7) is 2.55. The molecule has 0 spiro atoms. The van der Waals surface area contributed by atoms with Crippen LogP contribution in [0, 0.1) is 16.0 Å². The zero-order valence-electron chi connectivity index (χ0n) is 11.4. The second-order valence-electron chi connectivity index (χ2n) is 5.70. The van der Waals surface area contributed by atoms with E-state index in [-0.39, 0.29) is 5.69 Å². The summed E-state index contributed by atoms with van der Waals surface area (Å²) < 4.78 is 0. The lowest BCUT2D eigenvalue weighted by Gasteiger charge is -2.36. The van der Waals surface area contributed by atoms with Crippen LogP contribution >= 0.6 is 11.6 Å². The Labute approximate surface area is 123 Å². The summed E-state index contributed by atoms with van der Waals surface area (Å²) in [7, 11) is 0. The van der Waals surface area contributed by atoms with Gasteiger partial charge in [-0.3, -0.25) is 10.1 Å². The predicted octanol–water partition coefficient (Wildman–Crippen LogP) is 3.60. The van der Waals surface area contributed by atoms with Crippen molar-refractivity contribution in [3.63, 3.8) is 0 Å². The van der Waals surface area contributed by atoms with Crippen molar-refractivity contribution >= 4 is 23.0 Å². The lowest BCUT2D eigenvalue weighted by atomic mass is 9.79. The Hall–Kier alpha value is -1.33. The van der Waals surface area contributed by atoms with Gasteiger partial charge in [-0.2, -0.15) is 0 Å². The summed E-state index contributed by atoms with van der Waals surface area (Å²) in [5.41, 5.74) is -0.141. The third-order valence-corrected chi connectivity index (χ3v) is 4.15. The minimum atomic E-state index is -0.719. The van der Waals surface area contributed by atoms with E-state index < -0.39 is 10.5 Å². The van der Waals surface area contributed by atoms with E-state index in [1.54, 1.807) is 6.07 Å². The number of hydrogen-bond acceptors (Lipinski definition) is 4. The molecule has 1 aliphatic carbocycles. The van der Waals surface area contributed by atoms with E-state index in [0.29, 0.717) is 23.2 Å². The van der Waals surface area contributed by atoms with Crippen molar-refractivity contribution in [3.05, 3.63) is 33.3 Å². The SMILES string of the molecule is CC1CCCC(O)(CNc2ccc([N+](=O)[O-])cc2Cl)C1. The first-order chi connectivity index (χ1) is 9.39. The first kappa shape index (κ1) is 15.1. The second kappa shape index (κ2) is 5.97. The highest BCUT2D eigenvalue weighted by Gasteiger charge is 2.32. The summed E-state index contributed by atoms with van der Waals surface area (Å²) in [5, 5.41) is 24.6. The molecule has 2 rings (SSSR count). The Morgan fingerprint density at radius 3 is 2.95 bits per heavy atom. The highest BCUT2D eigenvalue weighted by molar-refractivity contribution is 6.33. The van der Waals surface area contributed by atoms with Crippen LogP contribution in [0.5, 0.6) is 0 Å². The molecule has 0 radical (unpaired) electrons. The normalized spacial score (nSPS) is 26.2. The Morgan fingerprint density at radius 2 is 2.35 bits per heavy atom.